The lowest BCUT2D eigenvalue weighted by Gasteiger charge is -2.15. The van der Waals surface area contributed by atoms with Gasteiger partial charge in [0.1, 0.15) is 17.4 Å². The summed E-state index contributed by atoms with van der Waals surface area (Å²) in [7, 11) is 0. The van der Waals surface area contributed by atoms with E-state index in [1.54, 1.807) is 6.07 Å². The minimum absolute atomic E-state index is 0.0139. The molecule has 5 heteroatoms. The van der Waals surface area contributed by atoms with Gasteiger partial charge in [-0.25, -0.2) is 4.39 Å². The van der Waals surface area contributed by atoms with E-state index in [0.717, 1.165) is 6.42 Å². The number of anilines is 1. The highest BCUT2D eigenvalue weighted by Crippen LogP contribution is 2.29. The summed E-state index contributed by atoms with van der Waals surface area (Å²) in [5, 5.41) is 20.9. The number of carboxylic acid groups (broad SMARTS) is 1. The van der Waals surface area contributed by atoms with Gasteiger partial charge in [0.2, 0.25) is 0 Å². The Morgan fingerprint density at radius 3 is 2.89 bits per heavy atom. The molecule has 1 aromatic carbocycles. The van der Waals surface area contributed by atoms with E-state index in [2.05, 4.69) is 5.32 Å². The number of carbonyl (C=O) groups is 1. The van der Waals surface area contributed by atoms with Crippen molar-refractivity contribution in [3.63, 3.8) is 0 Å². The molecular weight excluding hydrogens is 235 g/mol. The van der Waals surface area contributed by atoms with Crippen LogP contribution in [-0.4, -0.2) is 17.1 Å². The summed E-state index contributed by atoms with van der Waals surface area (Å²) < 4.78 is 13.4. The normalized spacial score (nSPS) is 22.4. The maximum absolute atomic E-state index is 13.4. The van der Waals surface area contributed by atoms with E-state index in [0.29, 0.717) is 18.5 Å². The predicted molar refractivity (Wildman–Crippen MR) is 63.5 cm³/mol. The number of nitrogens with one attached hydrogen (secondary N) is 1. The smallest absolute Gasteiger partial charge is 0.306 e. The Labute approximate surface area is 104 Å². The summed E-state index contributed by atoms with van der Waals surface area (Å²) in [5.74, 6) is -1.70. The molecule has 0 amide bonds. The lowest BCUT2D eigenvalue weighted by Crippen LogP contribution is -2.18. The fraction of sp³-hybridized carbons (Fsp3) is 0.385. The van der Waals surface area contributed by atoms with E-state index in [-0.39, 0.29) is 17.5 Å². The van der Waals surface area contributed by atoms with Gasteiger partial charge in [0, 0.05) is 6.04 Å². The van der Waals surface area contributed by atoms with Gasteiger partial charge in [-0.2, -0.15) is 5.26 Å². The molecule has 1 aliphatic rings. The molecule has 18 heavy (non-hydrogen) atoms. The van der Waals surface area contributed by atoms with Crippen LogP contribution in [0.3, 0.4) is 0 Å². The van der Waals surface area contributed by atoms with Crippen molar-refractivity contribution in [3.05, 3.63) is 29.6 Å². The molecular formula is C13H13FN2O2. The third-order valence-electron chi connectivity index (χ3n) is 3.27. The number of halogens is 1. The first-order valence-electron chi connectivity index (χ1n) is 5.79. The van der Waals surface area contributed by atoms with Crippen molar-refractivity contribution in [2.45, 2.75) is 25.3 Å². The minimum atomic E-state index is -0.793. The highest BCUT2D eigenvalue weighted by Gasteiger charge is 2.30. The van der Waals surface area contributed by atoms with Crippen LogP contribution in [0.5, 0.6) is 0 Å². The van der Waals surface area contributed by atoms with Gasteiger partial charge in [0.15, 0.2) is 0 Å². The molecule has 0 radical (unpaired) electrons. The molecule has 0 bridgehead atoms. The molecule has 2 rings (SSSR count). The predicted octanol–water partition coefficient (Wildman–Crippen LogP) is 2.36. The fourth-order valence-electron chi connectivity index (χ4n) is 2.31. The van der Waals surface area contributed by atoms with E-state index >= 15 is 0 Å². The zero-order valence-corrected chi connectivity index (χ0v) is 9.69. The lowest BCUT2D eigenvalue weighted by atomic mass is 10.1. The molecule has 0 heterocycles. The fourth-order valence-corrected chi connectivity index (χ4v) is 2.31. The molecule has 0 aliphatic heterocycles. The first kappa shape index (κ1) is 12.4. The van der Waals surface area contributed by atoms with Crippen LogP contribution in [0.25, 0.3) is 0 Å². The molecule has 1 saturated carbocycles. The van der Waals surface area contributed by atoms with Gasteiger partial charge >= 0.3 is 5.97 Å². The molecule has 2 atom stereocenters. The average Bonchev–Trinajstić information content (AvgIpc) is 2.78. The van der Waals surface area contributed by atoms with Gasteiger partial charge in [-0.3, -0.25) is 4.79 Å². The number of rotatable bonds is 3. The maximum atomic E-state index is 13.4. The molecule has 2 N–H and O–H groups in total. The Morgan fingerprint density at radius 1 is 1.50 bits per heavy atom. The first-order chi connectivity index (χ1) is 8.61. The number of benzene rings is 1. The van der Waals surface area contributed by atoms with E-state index in [4.69, 9.17) is 10.4 Å². The Kier molecular flexibility index (Phi) is 3.47. The van der Waals surface area contributed by atoms with Crippen LogP contribution in [0.1, 0.15) is 24.8 Å². The second-order valence-electron chi connectivity index (χ2n) is 4.46. The van der Waals surface area contributed by atoms with Gasteiger partial charge in [-0.05, 0) is 31.4 Å². The quantitative estimate of drug-likeness (QED) is 0.861. The molecule has 0 unspecified atom stereocenters. The van der Waals surface area contributed by atoms with Crippen LogP contribution in [0, 0.1) is 23.1 Å². The molecule has 0 spiro atoms. The Balaban J connectivity index is 2.10. The Bertz CT molecular complexity index is 510. The number of hydrogen-bond acceptors (Lipinski definition) is 3. The Hall–Kier alpha value is -2.09. The topological polar surface area (TPSA) is 73.1 Å². The van der Waals surface area contributed by atoms with Crippen LogP contribution in [0.15, 0.2) is 18.2 Å². The number of aliphatic carboxylic acids is 1. The molecule has 94 valence electrons. The summed E-state index contributed by atoms with van der Waals surface area (Å²) in [6.07, 6.45) is 1.85. The van der Waals surface area contributed by atoms with E-state index in [9.17, 15) is 9.18 Å². The van der Waals surface area contributed by atoms with Gasteiger partial charge in [-0.1, -0.05) is 6.07 Å². The molecule has 0 saturated heterocycles. The van der Waals surface area contributed by atoms with Crippen molar-refractivity contribution in [2.24, 2.45) is 5.92 Å². The number of nitriles is 1. The second kappa shape index (κ2) is 5.05. The monoisotopic (exact) mass is 248 g/mol. The summed E-state index contributed by atoms with van der Waals surface area (Å²) in [4.78, 5) is 10.8. The summed E-state index contributed by atoms with van der Waals surface area (Å²) in [6.45, 7) is 0. The van der Waals surface area contributed by atoms with Gasteiger partial charge in [0.05, 0.1) is 11.6 Å². The molecule has 4 nitrogen and oxygen atoms in total. The SMILES string of the molecule is N#Cc1c(F)cccc1N[C@H]1CC[C@@H](C(=O)O)C1. The van der Waals surface area contributed by atoms with Crippen molar-refractivity contribution in [1.29, 1.82) is 5.26 Å². The molecule has 1 aromatic rings. The van der Waals surface area contributed by atoms with E-state index in [1.165, 1.54) is 12.1 Å². The minimum Gasteiger partial charge on any atom is -0.481 e. The summed E-state index contributed by atoms with van der Waals surface area (Å²) in [6, 6.07) is 6.20. The standard InChI is InChI=1S/C13H13FN2O2/c14-11-2-1-3-12(10(11)7-15)16-9-5-4-8(6-9)13(17)18/h1-3,8-9,16H,4-6H2,(H,17,18)/t8-,9+/m1/s1. The van der Waals surface area contributed by atoms with Crippen molar-refractivity contribution >= 4 is 11.7 Å². The highest BCUT2D eigenvalue weighted by molar-refractivity contribution is 5.70. The van der Waals surface area contributed by atoms with E-state index < -0.39 is 11.8 Å². The third kappa shape index (κ3) is 2.43. The lowest BCUT2D eigenvalue weighted by molar-refractivity contribution is -0.141. The van der Waals surface area contributed by atoms with Crippen LogP contribution >= 0.6 is 0 Å². The van der Waals surface area contributed by atoms with Crippen LogP contribution in [0.4, 0.5) is 10.1 Å². The van der Waals surface area contributed by atoms with Crippen LogP contribution < -0.4 is 5.32 Å². The first-order valence-corrected chi connectivity index (χ1v) is 5.79. The van der Waals surface area contributed by atoms with Crippen molar-refractivity contribution < 1.29 is 14.3 Å². The van der Waals surface area contributed by atoms with Gasteiger partial charge in [-0.15, -0.1) is 0 Å². The van der Waals surface area contributed by atoms with E-state index in [1.807, 2.05) is 6.07 Å². The summed E-state index contributed by atoms with van der Waals surface area (Å²) >= 11 is 0. The average molecular weight is 248 g/mol. The van der Waals surface area contributed by atoms with Gasteiger partial charge in [0.25, 0.3) is 0 Å². The zero-order chi connectivity index (χ0) is 13.1. The highest BCUT2D eigenvalue weighted by atomic mass is 19.1. The molecule has 1 aliphatic carbocycles. The Morgan fingerprint density at radius 2 is 2.28 bits per heavy atom. The second-order valence-corrected chi connectivity index (χ2v) is 4.46. The maximum Gasteiger partial charge on any atom is 0.306 e. The van der Waals surface area contributed by atoms with Crippen molar-refractivity contribution in [2.75, 3.05) is 5.32 Å². The van der Waals surface area contributed by atoms with Crippen molar-refractivity contribution in [3.8, 4) is 6.07 Å². The molecule has 1 fully saturated rings. The number of nitrogens with zero attached hydrogens (tertiary/aromatic N) is 1. The van der Waals surface area contributed by atoms with Gasteiger partial charge < -0.3 is 10.4 Å². The van der Waals surface area contributed by atoms with Crippen molar-refractivity contribution in [1.82, 2.24) is 0 Å². The molecule has 0 aromatic heterocycles. The number of carboxylic acids is 1. The van der Waals surface area contributed by atoms with Crippen LogP contribution in [0.2, 0.25) is 0 Å². The zero-order valence-electron chi connectivity index (χ0n) is 9.69. The summed E-state index contributed by atoms with van der Waals surface area (Å²) in [5.41, 5.74) is 0.421. The van der Waals surface area contributed by atoms with Crippen LogP contribution in [-0.2, 0) is 4.79 Å². The number of hydrogen-bond donors (Lipinski definition) is 2. The largest absolute Gasteiger partial charge is 0.481 e. The third-order valence-corrected chi connectivity index (χ3v) is 3.27.